The molecule has 9 heteroatoms. The lowest BCUT2D eigenvalue weighted by atomic mass is 10.1. The van der Waals surface area contributed by atoms with Gasteiger partial charge in [-0.2, -0.15) is 0 Å². The standard InChI is InChI=1S/C17H14Cl2N2O5/c1-25-16(23)11-4-2-10(3-5-11)7-20-14(22)9-26-17(24)12-6-13(18)15(19)21-8-12/h2-6,8H,7,9H2,1H3,(H,20,22). The molecule has 0 saturated heterocycles. The second-order valence-electron chi connectivity index (χ2n) is 5.04. The van der Waals surface area contributed by atoms with Gasteiger partial charge in [-0.1, -0.05) is 35.3 Å². The average Bonchev–Trinajstić information content (AvgIpc) is 2.66. The molecule has 1 N–H and O–H groups in total. The van der Waals surface area contributed by atoms with Gasteiger partial charge in [0.15, 0.2) is 6.61 Å². The van der Waals surface area contributed by atoms with Gasteiger partial charge in [0.2, 0.25) is 0 Å². The highest BCUT2D eigenvalue weighted by Crippen LogP contribution is 2.20. The summed E-state index contributed by atoms with van der Waals surface area (Å²) in [6.45, 7) is -0.245. The highest BCUT2D eigenvalue weighted by atomic mass is 35.5. The zero-order valence-electron chi connectivity index (χ0n) is 13.6. The van der Waals surface area contributed by atoms with Crippen LogP contribution in [0.1, 0.15) is 26.3 Å². The Morgan fingerprint density at radius 2 is 1.77 bits per heavy atom. The summed E-state index contributed by atoms with van der Waals surface area (Å²) in [6, 6.07) is 7.84. The minimum atomic E-state index is -0.742. The third-order valence-electron chi connectivity index (χ3n) is 3.23. The minimum Gasteiger partial charge on any atom is -0.465 e. The number of nitrogens with zero attached hydrogens (tertiary/aromatic N) is 1. The highest BCUT2D eigenvalue weighted by Gasteiger charge is 2.13. The maximum absolute atomic E-state index is 11.8. The molecule has 0 unspecified atom stereocenters. The Balaban J connectivity index is 1.80. The van der Waals surface area contributed by atoms with Crippen molar-refractivity contribution in [3.05, 3.63) is 63.4 Å². The molecule has 1 heterocycles. The number of amides is 1. The fraction of sp³-hybridized carbons (Fsp3) is 0.176. The van der Waals surface area contributed by atoms with E-state index < -0.39 is 24.5 Å². The van der Waals surface area contributed by atoms with Gasteiger partial charge in [-0.05, 0) is 23.8 Å². The predicted octanol–water partition coefficient (Wildman–Crippen LogP) is 2.65. The van der Waals surface area contributed by atoms with Crippen LogP contribution in [0, 0.1) is 0 Å². The summed E-state index contributed by atoms with van der Waals surface area (Å²) in [5.74, 6) is -1.67. The van der Waals surface area contributed by atoms with E-state index in [0.29, 0.717) is 5.56 Å². The molecule has 26 heavy (non-hydrogen) atoms. The summed E-state index contributed by atoms with van der Waals surface area (Å²) in [6.07, 6.45) is 1.21. The largest absolute Gasteiger partial charge is 0.465 e. The summed E-state index contributed by atoms with van der Waals surface area (Å²) in [5, 5.41) is 2.77. The van der Waals surface area contributed by atoms with Gasteiger partial charge in [-0.15, -0.1) is 0 Å². The van der Waals surface area contributed by atoms with Crippen molar-refractivity contribution in [2.24, 2.45) is 0 Å². The normalized spacial score (nSPS) is 10.1. The first-order valence-electron chi connectivity index (χ1n) is 7.33. The van der Waals surface area contributed by atoms with Crippen LogP contribution in [0.15, 0.2) is 36.5 Å². The number of aromatic nitrogens is 1. The molecular weight excluding hydrogens is 383 g/mol. The van der Waals surface area contributed by atoms with Crippen LogP contribution in [0.5, 0.6) is 0 Å². The molecule has 2 rings (SSSR count). The van der Waals surface area contributed by atoms with E-state index in [-0.39, 0.29) is 22.3 Å². The molecule has 0 saturated carbocycles. The number of rotatable bonds is 6. The first-order valence-corrected chi connectivity index (χ1v) is 8.08. The van der Waals surface area contributed by atoms with Crippen LogP contribution in [0.25, 0.3) is 0 Å². The second kappa shape index (κ2) is 9.17. The van der Waals surface area contributed by atoms with Gasteiger partial charge in [-0.3, -0.25) is 4.79 Å². The monoisotopic (exact) mass is 396 g/mol. The summed E-state index contributed by atoms with van der Waals surface area (Å²) < 4.78 is 9.49. The summed E-state index contributed by atoms with van der Waals surface area (Å²) in [4.78, 5) is 38.7. The predicted molar refractivity (Wildman–Crippen MR) is 94.2 cm³/mol. The van der Waals surface area contributed by atoms with E-state index in [0.717, 1.165) is 5.56 Å². The molecule has 1 amide bonds. The zero-order chi connectivity index (χ0) is 19.1. The molecule has 0 radical (unpaired) electrons. The number of halogens is 2. The molecule has 7 nitrogen and oxygen atoms in total. The van der Waals surface area contributed by atoms with Gasteiger partial charge in [-0.25, -0.2) is 14.6 Å². The number of carbonyl (C=O) groups excluding carboxylic acids is 3. The smallest absolute Gasteiger partial charge is 0.340 e. The molecule has 0 aliphatic rings. The van der Waals surface area contributed by atoms with E-state index in [4.69, 9.17) is 27.9 Å². The molecule has 0 aliphatic heterocycles. The van der Waals surface area contributed by atoms with Gasteiger partial charge in [0.1, 0.15) is 5.15 Å². The first-order chi connectivity index (χ1) is 12.4. The van der Waals surface area contributed by atoms with Crippen molar-refractivity contribution in [3.63, 3.8) is 0 Å². The van der Waals surface area contributed by atoms with Crippen LogP contribution in [-0.4, -0.2) is 36.5 Å². The second-order valence-corrected chi connectivity index (χ2v) is 5.80. The van der Waals surface area contributed by atoms with Gasteiger partial charge < -0.3 is 14.8 Å². The van der Waals surface area contributed by atoms with E-state index in [1.807, 2.05) is 0 Å². The van der Waals surface area contributed by atoms with Crippen molar-refractivity contribution in [2.45, 2.75) is 6.54 Å². The van der Waals surface area contributed by atoms with Gasteiger partial charge in [0, 0.05) is 12.7 Å². The number of benzene rings is 1. The number of ether oxygens (including phenoxy) is 2. The Morgan fingerprint density at radius 1 is 1.08 bits per heavy atom. The van der Waals surface area contributed by atoms with Gasteiger partial charge in [0.05, 0.1) is 23.3 Å². The van der Waals surface area contributed by atoms with Crippen molar-refractivity contribution in [2.75, 3.05) is 13.7 Å². The molecular formula is C17H14Cl2N2O5. The number of carbonyl (C=O) groups is 3. The van der Waals surface area contributed by atoms with Crippen molar-refractivity contribution in [1.82, 2.24) is 10.3 Å². The number of nitrogens with one attached hydrogen (secondary N) is 1. The SMILES string of the molecule is COC(=O)c1ccc(CNC(=O)COC(=O)c2cnc(Cl)c(Cl)c2)cc1. The van der Waals surface area contributed by atoms with Crippen LogP contribution in [-0.2, 0) is 20.8 Å². The van der Waals surface area contributed by atoms with Crippen molar-refractivity contribution in [1.29, 1.82) is 0 Å². The fourth-order valence-corrected chi connectivity index (χ4v) is 2.15. The Kier molecular flexibility index (Phi) is 6.94. The van der Waals surface area contributed by atoms with E-state index >= 15 is 0 Å². The third-order valence-corrected chi connectivity index (χ3v) is 3.92. The molecule has 0 aliphatic carbocycles. The van der Waals surface area contributed by atoms with Crippen LogP contribution >= 0.6 is 23.2 Å². The summed E-state index contributed by atoms with van der Waals surface area (Å²) in [5.41, 5.74) is 1.27. The fourth-order valence-electron chi connectivity index (χ4n) is 1.88. The van der Waals surface area contributed by atoms with Crippen molar-refractivity contribution >= 4 is 41.0 Å². The molecule has 136 valence electrons. The Labute approximate surface area is 159 Å². The molecule has 1 aromatic carbocycles. The minimum absolute atomic E-state index is 0.0687. The summed E-state index contributed by atoms with van der Waals surface area (Å²) >= 11 is 11.4. The summed E-state index contributed by atoms with van der Waals surface area (Å²) in [7, 11) is 1.30. The third kappa shape index (κ3) is 5.44. The van der Waals surface area contributed by atoms with Gasteiger partial charge in [0.25, 0.3) is 5.91 Å². The average molecular weight is 397 g/mol. The number of hydrogen-bond donors (Lipinski definition) is 1. The number of esters is 2. The topological polar surface area (TPSA) is 94.6 Å². The maximum Gasteiger partial charge on any atom is 0.340 e. The Morgan fingerprint density at radius 3 is 2.38 bits per heavy atom. The highest BCUT2D eigenvalue weighted by molar-refractivity contribution is 6.41. The van der Waals surface area contributed by atoms with Gasteiger partial charge >= 0.3 is 11.9 Å². The molecule has 0 atom stereocenters. The molecule has 0 fully saturated rings. The lowest BCUT2D eigenvalue weighted by molar-refractivity contribution is -0.124. The molecule has 0 bridgehead atoms. The van der Waals surface area contributed by atoms with E-state index in [2.05, 4.69) is 15.0 Å². The van der Waals surface area contributed by atoms with E-state index in [1.54, 1.807) is 24.3 Å². The van der Waals surface area contributed by atoms with E-state index in [9.17, 15) is 14.4 Å². The molecule has 0 spiro atoms. The van der Waals surface area contributed by atoms with Crippen molar-refractivity contribution < 1.29 is 23.9 Å². The van der Waals surface area contributed by atoms with Crippen LogP contribution in [0.3, 0.4) is 0 Å². The lowest BCUT2D eigenvalue weighted by Crippen LogP contribution is -2.28. The Bertz CT molecular complexity index is 824. The number of hydrogen-bond acceptors (Lipinski definition) is 6. The van der Waals surface area contributed by atoms with Crippen LogP contribution in [0.4, 0.5) is 0 Å². The molecule has 1 aromatic heterocycles. The number of methoxy groups -OCH3 is 1. The van der Waals surface area contributed by atoms with E-state index in [1.165, 1.54) is 19.4 Å². The van der Waals surface area contributed by atoms with Crippen LogP contribution < -0.4 is 5.32 Å². The molecule has 2 aromatic rings. The maximum atomic E-state index is 11.8. The van der Waals surface area contributed by atoms with Crippen LogP contribution in [0.2, 0.25) is 10.2 Å². The zero-order valence-corrected chi connectivity index (χ0v) is 15.1. The Hall–Kier alpha value is -2.64. The number of pyridine rings is 1. The quantitative estimate of drug-likeness (QED) is 0.595. The lowest BCUT2D eigenvalue weighted by Gasteiger charge is -2.07. The first kappa shape index (κ1) is 19.7. The van der Waals surface area contributed by atoms with Crippen molar-refractivity contribution in [3.8, 4) is 0 Å².